The van der Waals surface area contributed by atoms with Crippen LogP contribution in [0.2, 0.25) is 0 Å². The van der Waals surface area contributed by atoms with Crippen molar-refractivity contribution in [2.75, 3.05) is 11.9 Å². The summed E-state index contributed by atoms with van der Waals surface area (Å²) in [5, 5.41) is 18.3. The highest BCUT2D eigenvalue weighted by Gasteiger charge is 2.43. The molecule has 1 fully saturated rings. The minimum Gasteiger partial charge on any atom is -0.394 e. The number of aliphatic hydroxyl groups is 1. The molecule has 2 amide bonds. The average molecular weight is 343 g/mol. The summed E-state index contributed by atoms with van der Waals surface area (Å²) in [6, 6.07) is 10.0. The van der Waals surface area contributed by atoms with Crippen molar-refractivity contribution in [3.8, 4) is 0 Å². The Labute approximate surface area is 145 Å². The topological polar surface area (TPSA) is 104 Å². The van der Waals surface area contributed by atoms with Gasteiger partial charge in [-0.1, -0.05) is 48.3 Å². The number of amides is 2. The molecule has 132 valence electrons. The van der Waals surface area contributed by atoms with Gasteiger partial charge in [0, 0.05) is 6.07 Å². The molecule has 1 saturated carbocycles. The molecule has 1 aliphatic rings. The maximum absolute atomic E-state index is 13.0. The Hall–Kier alpha value is -2.67. The molecular formula is C18H21N3O4. The van der Waals surface area contributed by atoms with Crippen molar-refractivity contribution in [1.29, 1.82) is 0 Å². The first-order valence-corrected chi connectivity index (χ1v) is 8.34. The number of carbonyl (C=O) groups is 2. The summed E-state index contributed by atoms with van der Waals surface area (Å²) in [5.74, 6) is -0.534. The molecule has 1 atom stereocenters. The van der Waals surface area contributed by atoms with Crippen molar-refractivity contribution in [2.45, 2.75) is 37.1 Å². The van der Waals surface area contributed by atoms with Crippen LogP contribution in [0.5, 0.6) is 0 Å². The van der Waals surface area contributed by atoms with Gasteiger partial charge in [0.05, 0.1) is 12.0 Å². The van der Waals surface area contributed by atoms with Gasteiger partial charge in [-0.25, -0.2) is 0 Å². The molecule has 1 unspecified atom stereocenters. The standard InChI is InChI=1S/C18H21N3O4/c22-12-14(16(23)20-15-8-11-25-21-15)19-17(24)18(9-4-5-10-18)13-6-2-1-3-7-13/h1-3,6-8,11,14,22H,4-5,9-10,12H2,(H,19,24)(H,20,21,23). The van der Waals surface area contributed by atoms with Crippen LogP contribution in [0.1, 0.15) is 31.2 Å². The molecule has 3 N–H and O–H groups in total. The van der Waals surface area contributed by atoms with Crippen LogP contribution in [0.25, 0.3) is 0 Å². The normalized spacial score (nSPS) is 17.0. The van der Waals surface area contributed by atoms with E-state index in [-0.39, 0.29) is 11.7 Å². The highest BCUT2D eigenvalue weighted by molar-refractivity contribution is 5.98. The molecule has 25 heavy (non-hydrogen) atoms. The molecule has 7 heteroatoms. The Bertz CT molecular complexity index is 709. The summed E-state index contributed by atoms with van der Waals surface area (Å²) in [7, 11) is 0. The summed E-state index contributed by atoms with van der Waals surface area (Å²) in [5.41, 5.74) is 0.293. The number of rotatable bonds is 6. The first-order chi connectivity index (χ1) is 12.2. The van der Waals surface area contributed by atoms with Crippen LogP contribution in [-0.2, 0) is 15.0 Å². The zero-order chi connectivity index (χ0) is 17.7. The molecule has 0 bridgehead atoms. The van der Waals surface area contributed by atoms with E-state index in [0.29, 0.717) is 0 Å². The second-order valence-corrected chi connectivity index (χ2v) is 6.24. The lowest BCUT2D eigenvalue weighted by molar-refractivity contribution is -0.131. The Morgan fingerprint density at radius 1 is 1.20 bits per heavy atom. The monoisotopic (exact) mass is 343 g/mol. The second kappa shape index (κ2) is 7.48. The van der Waals surface area contributed by atoms with Crippen molar-refractivity contribution in [3.63, 3.8) is 0 Å². The zero-order valence-electron chi connectivity index (χ0n) is 13.8. The molecule has 1 aromatic carbocycles. The number of aliphatic hydroxyl groups excluding tert-OH is 1. The lowest BCUT2D eigenvalue weighted by Gasteiger charge is -2.30. The number of anilines is 1. The molecule has 1 aliphatic carbocycles. The lowest BCUT2D eigenvalue weighted by atomic mass is 9.78. The van der Waals surface area contributed by atoms with Gasteiger partial charge in [-0.15, -0.1) is 0 Å². The summed E-state index contributed by atoms with van der Waals surface area (Å²) in [6.45, 7) is -0.500. The number of nitrogens with zero attached hydrogens (tertiary/aromatic N) is 1. The Morgan fingerprint density at radius 2 is 1.92 bits per heavy atom. The average Bonchev–Trinajstić information content (AvgIpc) is 3.32. The van der Waals surface area contributed by atoms with Crippen LogP contribution in [0.15, 0.2) is 47.2 Å². The third-order valence-corrected chi connectivity index (χ3v) is 4.71. The number of aromatic nitrogens is 1. The minimum atomic E-state index is -1.05. The Morgan fingerprint density at radius 3 is 2.52 bits per heavy atom. The van der Waals surface area contributed by atoms with E-state index in [1.54, 1.807) is 0 Å². The van der Waals surface area contributed by atoms with Crippen molar-refractivity contribution in [1.82, 2.24) is 10.5 Å². The molecule has 0 spiro atoms. The van der Waals surface area contributed by atoms with Crippen molar-refractivity contribution >= 4 is 17.6 Å². The first-order valence-electron chi connectivity index (χ1n) is 8.34. The first kappa shape index (κ1) is 17.2. The fourth-order valence-electron chi connectivity index (χ4n) is 3.36. The van der Waals surface area contributed by atoms with E-state index in [2.05, 4.69) is 20.3 Å². The third kappa shape index (κ3) is 3.56. The van der Waals surface area contributed by atoms with Gasteiger partial charge in [-0.3, -0.25) is 9.59 Å². The molecule has 7 nitrogen and oxygen atoms in total. The van der Waals surface area contributed by atoms with E-state index < -0.39 is 24.0 Å². The van der Waals surface area contributed by atoms with Gasteiger partial charge in [-0.2, -0.15) is 0 Å². The van der Waals surface area contributed by atoms with Crippen molar-refractivity contribution < 1.29 is 19.2 Å². The van der Waals surface area contributed by atoms with Crippen molar-refractivity contribution in [3.05, 3.63) is 48.2 Å². The van der Waals surface area contributed by atoms with Gasteiger partial charge in [0.25, 0.3) is 5.91 Å². The lowest BCUT2D eigenvalue weighted by Crippen LogP contribution is -2.52. The number of benzene rings is 1. The molecule has 2 aromatic rings. The Kier molecular flexibility index (Phi) is 5.14. The molecule has 1 aromatic heterocycles. The molecule has 1 heterocycles. The summed E-state index contributed by atoms with van der Waals surface area (Å²) in [4.78, 5) is 25.3. The minimum absolute atomic E-state index is 0.231. The van der Waals surface area contributed by atoms with Gasteiger partial charge in [0.1, 0.15) is 12.3 Å². The van der Waals surface area contributed by atoms with Crippen LogP contribution in [-0.4, -0.2) is 34.7 Å². The molecule has 0 saturated heterocycles. The molecule has 0 radical (unpaired) electrons. The number of nitrogens with one attached hydrogen (secondary N) is 2. The quantitative estimate of drug-likeness (QED) is 0.739. The third-order valence-electron chi connectivity index (χ3n) is 4.71. The fourth-order valence-corrected chi connectivity index (χ4v) is 3.36. The van der Waals surface area contributed by atoms with Gasteiger partial charge >= 0.3 is 0 Å². The van der Waals surface area contributed by atoms with Gasteiger partial charge in [0.15, 0.2) is 5.82 Å². The second-order valence-electron chi connectivity index (χ2n) is 6.24. The van der Waals surface area contributed by atoms with Crippen LogP contribution in [0.4, 0.5) is 5.82 Å². The SMILES string of the molecule is O=C(Nc1ccon1)C(CO)NC(=O)C1(c2ccccc2)CCCC1. The summed E-state index contributed by atoms with van der Waals surface area (Å²) in [6.07, 6.45) is 4.69. The van der Waals surface area contributed by atoms with Gasteiger partial charge in [0.2, 0.25) is 5.91 Å². The summed E-state index contributed by atoms with van der Waals surface area (Å²) >= 11 is 0. The molecule has 0 aliphatic heterocycles. The van der Waals surface area contributed by atoms with Crippen LogP contribution >= 0.6 is 0 Å². The van der Waals surface area contributed by atoms with E-state index in [4.69, 9.17) is 0 Å². The van der Waals surface area contributed by atoms with E-state index in [1.165, 1.54) is 12.3 Å². The van der Waals surface area contributed by atoms with E-state index >= 15 is 0 Å². The van der Waals surface area contributed by atoms with E-state index in [0.717, 1.165) is 31.2 Å². The number of hydrogen-bond donors (Lipinski definition) is 3. The predicted octanol–water partition coefficient (Wildman–Crippen LogP) is 1.60. The number of carbonyl (C=O) groups excluding carboxylic acids is 2. The van der Waals surface area contributed by atoms with E-state index in [9.17, 15) is 14.7 Å². The maximum atomic E-state index is 13.0. The fraction of sp³-hybridized carbons (Fsp3) is 0.389. The Balaban J connectivity index is 1.75. The highest BCUT2D eigenvalue weighted by atomic mass is 16.5. The van der Waals surface area contributed by atoms with E-state index in [1.807, 2.05) is 30.3 Å². The molecule has 3 rings (SSSR count). The highest BCUT2D eigenvalue weighted by Crippen LogP contribution is 2.41. The summed E-state index contributed by atoms with van der Waals surface area (Å²) < 4.78 is 4.65. The van der Waals surface area contributed by atoms with Crippen LogP contribution in [0, 0.1) is 0 Å². The molecular weight excluding hydrogens is 322 g/mol. The van der Waals surface area contributed by atoms with Gasteiger partial charge < -0.3 is 20.3 Å². The van der Waals surface area contributed by atoms with Crippen LogP contribution in [0.3, 0.4) is 0 Å². The maximum Gasteiger partial charge on any atom is 0.250 e. The predicted molar refractivity (Wildman–Crippen MR) is 90.7 cm³/mol. The van der Waals surface area contributed by atoms with Gasteiger partial charge in [-0.05, 0) is 18.4 Å². The van der Waals surface area contributed by atoms with Crippen molar-refractivity contribution in [2.24, 2.45) is 0 Å². The smallest absolute Gasteiger partial charge is 0.250 e. The zero-order valence-corrected chi connectivity index (χ0v) is 13.8. The number of hydrogen-bond acceptors (Lipinski definition) is 5. The van der Waals surface area contributed by atoms with Crippen LogP contribution < -0.4 is 10.6 Å². The largest absolute Gasteiger partial charge is 0.394 e.